The van der Waals surface area contributed by atoms with Crippen LogP contribution in [0, 0.1) is 11.6 Å². The highest BCUT2D eigenvalue weighted by Crippen LogP contribution is 2.48. The third-order valence-electron chi connectivity index (χ3n) is 9.42. The topological polar surface area (TPSA) is 77.0 Å². The van der Waals surface area contributed by atoms with E-state index in [1.165, 1.54) is 37.7 Å². The summed E-state index contributed by atoms with van der Waals surface area (Å²) in [5, 5.41) is 2.50. The van der Waals surface area contributed by atoms with E-state index in [2.05, 4.69) is 6.58 Å². The fraction of sp³-hybridized carbons (Fsp3) is 0.308. The van der Waals surface area contributed by atoms with Gasteiger partial charge in [-0.3, -0.25) is 14.7 Å². The second kappa shape index (κ2) is 14.7. The molecule has 0 saturated heterocycles. The van der Waals surface area contributed by atoms with Gasteiger partial charge in [0.2, 0.25) is 5.91 Å². The molecule has 7 rings (SSSR count). The van der Waals surface area contributed by atoms with Crippen molar-refractivity contribution in [2.24, 2.45) is 0 Å². The van der Waals surface area contributed by atoms with Crippen molar-refractivity contribution in [3.05, 3.63) is 101 Å². The second-order valence-corrected chi connectivity index (χ2v) is 13.7. The number of methoxy groups -OCH3 is 2. The van der Waals surface area contributed by atoms with Gasteiger partial charge in [-0.25, -0.2) is 13.8 Å². The van der Waals surface area contributed by atoms with Crippen molar-refractivity contribution in [2.45, 2.75) is 25.4 Å². The fourth-order valence-electron chi connectivity index (χ4n) is 6.97. The number of rotatable bonds is 11. The van der Waals surface area contributed by atoms with Gasteiger partial charge in [0.25, 0.3) is 5.92 Å². The number of thiophene rings is 1. The number of carbonyl (C=O) groups is 1. The maximum atomic E-state index is 16.2. The number of amides is 1. The summed E-state index contributed by atoms with van der Waals surface area (Å²) in [7, 11) is 3.03. The van der Waals surface area contributed by atoms with E-state index in [0.717, 1.165) is 23.4 Å². The first-order chi connectivity index (χ1) is 25.1. The number of halogens is 4. The molecule has 0 fully saturated rings. The lowest BCUT2D eigenvalue weighted by Crippen LogP contribution is -2.41. The lowest BCUT2D eigenvalue weighted by Gasteiger charge is -2.34. The van der Waals surface area contributed by atoms with Gasteiger partial charge in [-0.15, -0.1) is 11.3 Å². The van der Waals surface area contributed by atoms with Crippen LogP contribution in [-0.2, 0) is 39.7 Å². The summed E-state index contributed by atoms with van der Waals surface area (Å²) in [5.41, 5.74) is 4.39. The molecule has 52 heavy (non-hydrogen) atoms. The van der Waals surface area contributed by atoms with E-state index in [0.29, 0.717) is 82.9 Å². The third-order valence-corrected chi connectivity index (χ3v) is 10.4. The van der Waals surface area contributed by atoms with Gasteiger partial charge in [0.15, 0.2) is 0 Å². The molecular formula is C39H36F4N4O4S. The largest absolute Gasteiger partial charge is 0.490 e. The van der Waals surface area contributed by atoms with Gasteiger partial charge in [-0.2, -0.15) is 8.78 Å². The number of benzene rings is 2. The SMILES string of the molecule is C=CC(=O)N1CCc2ncc(-c3nc(-c4ccc5c(c4)CN(CCOC)CC5(F)F)c4ccsc4c3-c3c(F)cc(F)cc3OCCOC)cc2C1. The van der Waals surface area contributed by atoms with Gasteiger partial charge >= 0.3 is 0 Å². The van der Waals surface area contributed by atoms with Gasteiger partial charge in [0.05, 0.1) is 36.7 Å². The molecule has 5 aromatic rings. The minimum atomic E-state index is -3.06. The summed E-state index contributed by atoms with van der Waals surface area (Å²) in [6.07, 6.45) is 3.47. The Kier molecular flexibility index (Phi) is 10.1. The molecule has 0 radical (unpaired) electrons. The Morgan fingerprint density at radius 1 is 0.981 bits per heavy atom. The Morgan fingerprint density at radius 2 is 1.79 bits per heavy atom. The Morgan fingerprint density at radius 3 is 2.58 bits per heavy atom. The van der Waals surface area contributed by atoms with Crippen LogP contribution in [0.15, 0.2) is 66.7 Å². The third kappa shape index (κ3) is 6.81. The molecule has 3 aromatic heterocycles. The smallest absolute Gasteiger partial charge is 0.285 e. The summed E-state index contributed by atoms with van der Waals surface area (Å²) in [5.74, 6) is -4.95. The van der Waals surface area contributed by atoms with Crippen LogP contribution in [-0.4, -0.2) is 79.3 Å². The van der Waals surface area contributed by atoms with Crippen LogP contribution < -0.4 is 4.74 Å². The number of carbonyl (C=O) groups excluding carboxylic acids is 1. The Labute approximate surface area is 302 Å². The van der Waals surface area contributed by atoms with Crippen molar-refractivity contribution in [3.8, 4) is 39.4 Å². The number of hydrogen-bond acceptors (Lipinski definition) is 8. The first kappa shape index (κ1) is 35.7. The van der Waals surface area contributed by atoms with Crippen molar-refractivity contribution in [1.82, 2.24) is 19.8 Å². The maximum absolute atomic E-state index is 16.2. The molecule has 0 spiro atoms. The molecule has 2 aliphatic rings. The molecule has 0 aliphatic carbocycles. The predicted octanol–water partition coefficient (Wildman–Crippen LogP) is 7.62. The minimum absolute atomic E-state index is 0.0130. The highest BCUT2D eigenvalue weighted by Gasteiger charge is 2.40. The van der Waals surface area contributed by atoms with Crippen LogP contribution in [0.4, 0.5) is 17.6 Å². The molecule has 2 aliphatic heterocycles. The summed E-state index contributed by atoms with van der Waals surface area (Å²) in [4.78, 5) is 25.8. The van der Waals surface area contributed by atoms with Crippen molar-refractivity contribution < 1.29 is 36.6 Å². The average molecular weight is 733 g/mol. The van der Waals surface area contributed by atoms with E-state index < -0.39 is 24.1 Å². The fourth-order valence-corrected chi connectivity index (χ4v) is 7.92. The van der Waals surface area contributed by atoms with E-state index in [9.17, 15) is 9.18 Å². The van der Waals surface area contributed by atoms with E-state index in [-0.39, 0.29) is 36.0 Å². The molecule has 0 saturated carbocycles. The molecule has 0 N–H and O–H groups in total. The first-order valence-corrected chi connectivity index (χ1v) is 17.6. The van der Waals surface area contributed by atoms with Crippen LogP contribution in [0.3, 0.4) is 0 Å². The quantitative estimate of drug-likeness (QED) is 0.0786. The van der Waals surface area contributed by atoms with Crippen molar-refractivity contribution >= 4 is 27.3 Å². The number of fused-ring (bicyclic) bond motifs is 3. The molecule has 5 heterocycles. The molecular weight excluding hydrogens is 697 g/mol. The molecule has 0 unspecified atom stereocenters. The van der Waals surface area contributed by atoms with Gasteiger partial charge in [-0.05, 0) is 40.8 Å². The zero-order valence-electron chi connectivity index (χ0n) is 28.7. The van der Waals surface area contributed by atoms with Gasteiger partial charge in [-0.1, -0.05) is 18.7 Å². The number of pyridine rings is 2. The van der Waals surface area contributed by atoms with Crippen molar-refractivity contribution in [3.63, 3.8) is 0 Å². The van der Waals surface area contributed by atoms with Crippen LogP contribution >= 0.6 is 11.3 Å². The van der Waals surface area contributed by atoms with E-state index in [4.69, 9.17) is 24.2 Å². The van der Waals surface area contributed by atoms with Crippen LogP contribution in [0.1, 0.15) is 22.4 Å². The van der Waals surface area contributed by atoms with Crippen LogP contribution in [0.2, 0.25) is 0 Å². The summed E-state index contributed by atoms with van der Waals surface area (Å²) in [6.45, 7) is 5.18. The lowest BCUT2D eigenvalue weighted by atomic mass is 9.91. The summed E-state index contributed by atoms with van der Waals surface area (Å²) >= 11 is 1.34. The monoisotopic (exact) mass is 732 g/mol. The van der Waals surface area contributed by atoms with E-state index in [1.807, 2.05) is 17.5 Å². The number of aromatic nitrogens is 2. The van der Waals surface area contributed by atoms with Gasteiger partial charge in [0, 0.05) is 103 Å². The van der Waals surface area contributed by atoms with Gasteiger partial charge in [0.1, 0.15) is 24.0 Å². The van der Waals surface area contributed by atoms with Crippen LogP contribution in [0.5, 0.6) is 5.75 Å². The normalized spacial score (nSPS) is 15.4. The first-order valence-electron chi connectivity index (χ1n) is 16.8. The highest BCUT2D eigenvalue weighted by atomic mass is 32.1. The Balaban J connectivity index is 1.45. The number of alkyl halides is 2. The van der Waals surface area contributed by atoms with E-state index >= 15 is 13.2 Å². The standard InChI is InChI=1S/C39H36F4N4O4S/c1-4-33(48)47-9-7-31-26(21-47)16-24(19-44-31)37-35(34-30(41)17-27(40)18-32(34)51-13-12-50-3)38-28(8-14-52-38)36(45-37)23-5-6-29-25(15-23)20-46(10-11-49-2)22-39(29,42)43/h4-6,8,14-19H,1,7,9-13,20-22H2,2-3H3. The zero-order chi connectivity index (χ0) is 36.6. The highest BCUT2D eigenvalue weighted by molar-refractivity contribution is 7.18. The molecule has 0 bridgehead atoms. The molecule has 270 valence electrons. The maximum Gasteiger partial charge on any atom is 0.285 e. The molecule has 1 amide bonds. The van der Waals surface area contributed by atoms with Gasteiger partial charge < -0.3 is 19.1 Å². The molecule has 2 aromatic carbocycles. The minimum Gasteiger partial charge on any atom is -0.490 e. The van der Waals surface area contributed by atoms with E-state index in [1.54, 1.807) is 28.1 Å². The van der Waals surface area contributed by atoms with Crippen molar-refractivity contribution in [1.29, 1.82) is 0 Å². The predicted molar refractivity (Wildman–Crippen MR) is 191 cm³/mol. The number of nitrogens with zero attached hydrogens (tertiary/aromatic N) is 4. The number of hydrogen-bond donors (Lipinski definition) is 0. The average Bonchev–Trinajstić information content (AvgIpc) is 3.62. The molecule has 0 atom stereocenters. The molecule has 13 heteroatoms. The second-order valence-electron chi connectivity index (χ2n) is 12.8. The van der Waals surface area contributed by atoms with Crippen LogP contribution in [0.25, 0.3) is 43.7 Å². The summed E-state index contributed by atoms with van der Waals surface area (Å²) < 4.78 is 78.5. The summed E-state index contributed by atoms with van der Waals surface area (Å²) in [6, 6.07) is 10.5. The lowest BCUT2D eigenvalue weighted by molar-refractivity contribution is -0.126. The van der Waals surface area contributed by atoms with Crippen molar-refractivity contribution in [2.75, 3.05) is 53.7 Å². The number of ether oxygens (including phenoxy) is 3. The Hall–Kier alpha value is -4.69. The molecule has 8 nitrogen and oxygen atoms in total. The Bertz CT molecular complexity index is 2170. The zero-order valence-corrected chi connectivity index (χ0v) is 29.5.